The van der Waals surface area contributed by atoms with Gasteiger partial charge in [0.1, 0.15) is 0 Å². The molecule has 2 aliphatic carbocycles. The summed E-state index contributed by atoms with van der Waals surface area (Å²) in [6.45, 7) is 1.04. The number of nitrogens with zero attached hydrogens (tertiary/aromatic N) is 2. The fourth-order valence-corrected chi connectivity index (χ4v) is 4.69. The van der Waals surface area contributed by atoms with Gasteiger partial charge < -0.3 is 9.67 Å². The Morgan fingerprint density at radius 3 is 2.56 bits per heavy atom. The molecule has 0 aliphatic heterocycles. The number of carboxylic acid groups (broad SMARTS) is 1. The molecule has 2 aliphatic rings. The predicted molar refractivity (Wildman–Crippen MR) is 126 cm³/mol. The minimum absolute atomic E-state index is 0.341. The molecule has 2 aromatic carbocycles. The van der Waals surface area contributed by atoms with Gasteiger partial charge in [0.05, 0.1) is 11.3 Å². The van der Waals surface area contributed by atoms with Crippen molar-refractivity contribution in [3.63, 3.8) is 0 Å². The number of hydrogen-bond donors (Lipinski definition) is 1. The molecule has 0 bridgehead atoms. The van der Waals surface area contributed by atoms with E-state index < -0.39 is 5.97 Å². The summed E-state index contributed by atoms with van der Waals surface area (Å²) in [7, 11) is 0. The maximum Gasteiger partial charge on any atom is 0.337 e. The lowest BCUT2D eigenvalue weighted by molar-refractivity contribution is 0.0695. The van der Waals surface area contributed by atoms with Gasteiger partial charge in [-0.05, 0) is 66.3 Å². The fraction of sp³-hybridized carbons (Fsp3) is 0.286. The van der Waals surface area contributed by atoms with E-state index in [9.17, 15) is 9.90 Å². The van der Waals surface area contributed by atoms with Crippen LogP contribution in [0.3, 0.4) is 0 Å². The lowest BCUT2D eigenvalue weighted by atomic mass is 10.00. The molecule has 2 fully saturated rings. The van der Waals surface area contributed by atoms with Crippen LogP contribution in [0.25, 0.3) is 22.0 Å². The highest BCUT2D eigenvalue weighted by atomic mass is 16.4. The van der Waals surface area contributed by atoms with E-state index in [0.29, 0.717) is 23.6 Å². The molecule has 2 saturated carbocycles. The molecule has 4 aromatic rings. The van der Waals surface area contributed by atoms with Gasteiger partial charge in [0.25, 0.3) is 0 Å². The van der Waals surface area contributed by atoms with Crippen molar-refractivity contribution in [1.82, 2.24) is 9.55 Å². The molecule has 0 saturated heterocycles. The zero-order valence-corrected chi connectivity index (χ0v) is 18.0. The average Bonchev–Trinajstić information content (AvgIpc) is 3.73. The van der Waals surface area contributed by atoms with Crippen LogP contribution in [-0.2, 0) is 13.0 Å². The van der Waals surface area contributed by atoms with Gasteiger partial charge in [-0.3, -0.25) is 4.98 Å². The number of benzene rings is 2. The number of fused-ring (bicyclic) bond motifs is 1. The van der Waals surface area contributed by atoms with E-state index in [-0.39, 0.29) is 0 Å². The van der Waals surface area contributed by atoms with Gasteiger partial charge in [0.15, 0.2) is 0 Å². The third-order valence-corrected chi connectivity index (χ3v) is 6.83. The number of rotatable bonds is 7. The second-order valence-electron chi connectivity index (χ2n) is 9.38. The molecule has 6 rings (SSSR count). The van der Waals surface area contributed by atoms with Gasteiger partial charge in [-0.2, -0.15) is 0 Å². The quantitative estimate of drug-likeness (QED) is 0.381. The van der Waals surface area contributed by atoms with Crippen LogP contribution in [0, 0.1) is 5.92 Å². The van der Waals surface area contributed by atoms with E-state index >= 15 is 0 Å². The van der Waals surface area contributed by atoms with Gasteiger partial charge in [-0.15, -0.1) is 0 Å². The van der Waals surface area contributed by atoms with E-state index in [1.807, 2.05) is 18.3 Å². The number of pyridine rings is 1. The number of aromatic nitrogens is 2. The SMILES string of the molecule is O=C(O)c1cc(C2CC2)cnc1Cc1ccc2c(-c3ccccc3)cn(CC3CC3)c2c1. The molecule has 1 N–H and O–H groups in total. The first-order valence-corrected chi connectivity index (χ1v) is 11.5. The minimum Gasteiger partial charge on any atom is -0.478 e. The van der Waals surface area contributed by atoms with E-state index in [2.05, 4.69) is 58.2 Å². The monoisotopic (exact) mass is 422 g/mol. The summed E-state index contributed by atoms with van der Waals surface area (Å²) in [5.41, 5.74) is 6.85. The third kappa shape index (κ3) is 3.70. The van der Waals surface area contributed by atoms with Crippen molar-refractivity contribution in [2.24, 2.45) is 5.92 Å². The zero-order valence-electron chi connectivity index (χ0n) is 18.0. The highest BCUT2D eigenvalue weighted by Crippen LogP contribution is 2.40. The second kappa shape index (κ2) is 7.63. The Morgan fingerprint density at radius 2 is 1.84 bits per heavy atom. The molecule has 0 amide bonds. The molecule has 0 atom stereocenters. The first kappa shape index (κ1) is 19.3. The van der Waals surface area contributed by atoms with Crippen molar-refractivity contribution >= 4 is 16.9 Å². The van der Waals surface area contributed by atoms with Crippen molar-refractivity contribution in [1.29, 1.82) is 0 Å². The molecule has 4 heteroatoms. The molecule has 160 valence electrons. The Balaban J connectivity index is 1.39. The van der Waals surface area contributed by atoms with Crippen LogP contribution in [0.1, 0.15) is 58.8 Å². The number of carboxylic acids is 1. The van der Waals surface area contributed by atoms with Crippen LogP contribution in [0.2, 0.25) is 0 Å². The lowest BCUT2D eigenvalue weighted by Gasteiger charge is -2.09. The van der Waals surface area contributed by atoms with E-state index in [0.717, 1.165) is 36.4 Å². The Bertz CT molecular complexity index is 1310. The molecule has 0 unspecified atom stereocenters. The summed E-state index contributed by atoms with van der Waals surface area (Å²) in [6, 6.07) is 18.9. The van der Waals surface area contributed by atoms with Crippen LogP contribution in [0.4, 0.5) is 0 Å². The molecule has 2 heterocycles. The summed E-state index contributed by atoms with van der Waals surface area (Å²) >= 11 is 0. The van der Waals surface area contributed by atoms with Crippen molar-refractivity contribution in [2.45, 2.75) is 44.6 Å². The first-order valence-electron chi connectivity index (χ1n) is 11.5. The minimum atomic E-state index is -0.889. The summed E-state index contributed by atoms with van der Waals surface area (Å²) < 4.78 is 2.39. The van der Waals surface area contributed by atoms with Gasteiger partial charge in [-0.1, -0.05) is 42.5 Å². The molecular formula is C28H26N2O2. The number of aromatic carboxylic acids is 1. The van der Waals surface area contributed by atoms with E-state index in [1.165, 1.54) is 34.9 Å². The molecular weight excluding hydrogens is 396 g/mol. The van der Waals surface area contributed by atoms with Crippen LogP contribution < -0.4 is 0 Å². The van der Waals surface area contributed by atoms with E-state index in [1.54, 1.807) is 0 Å². The fourth-order valence-electron chi connectivity index (χ4n) is 4.69. The van der Waals surface area contributed by atoms with E-state index in [4.69, 9.17) is 0 Å². The maximum atomic E-state index is 11.9. The zero-order chi connectivity index (χ0) is 21.7. The van der Waals surface area contributed by atoms with Gasteiger partial charge in [0.2, 0.25) is 0 Å². The van der Waals surface area contributed by atoms with Gasteiger partial charge in [-0.25, -0.2) is 4.79 Å². The Kier molecular flexibility index (Phi) is 4.60. The summed E-state index contributed by atoms with van der Waals surface area (Å²) in [5, 5.41) is 11.0. The molecule has 2 aromatic heterocycles. The molecule has 0 radical (unpaired) electrons. The lowest BCUT2D eigenvalue weighted by Crippen LogP contribution is -2.07. The van der Waals surface area contributed by atoms with Crippen molar-refractivity contribution in [3.05, 3.63) is 89.4 Å². The highest BCUT2D eigenvalue weighted by Gasteiger charge is 2.26. The molecule has 32 heavy (non-hydrogen) atoms. The first-order chi connectivity index (χ1) is 15.7. The Labute approximate surface area is 187 Å². The van der Waals surface area contributed by atoms with Gasteiger partial charge >= 0.3 is 5.97 Å². The summed E-state index contributed by atoms with van der Waals surface area (Å²) in [4.78, 5) is 16.5. The number of hydrogen-bond acceptors (Lipinski definition) is 2. The summed E-state index contributed by atoms with van der Waals surface area (Å²) in [5.74, 6) is 0.376. The van der Waals surface area contributed by atoms with Crippen LogP contribution in [0.5, 0.6) is 0 Å². The normalized spacial score (nSPS) is 15.9. The smallest absolute Gasteiger partial charge is 0.337 e. The van der Waals surface area contributed by atoms with Crippen LogP contribution in [0.15, 0.2) is 67.0 Å². The maximum absolute atomic E-state index is 11.9. The van der Waals surface area contributed by atoms with Crippen molar-refractivity contribution < 1.29 is 9.90 Å². The van der Waals surface area contributed by atoms with Gasteiger partial charge in [0, 0.05) is 41.8 Å². The third-order valence-electron chi connectivity index (χ3n) is 6.83. The highest BCUT2D eigenvalue weighted by molar-refractivity contribution is 5.96. The topological polar surface area (TPSA) is 55.1 Å². The molecule has 4 nitrogen and oxygen atoms in total. The summed E-state index contributed by atoms with van der Waals surface area (Å²) in [6.07, 6.45) is 9.57. The Hall–Kier alpha value is -3.40. The van der Waals surface area contributed by atoms with Crippen LogP contribution in [-0.4, -0.2) is 20.6 Å². The van der Waals surface area contributed by atoms with Crippen LogP contribution >= 0.6 is 0 Å². The predicted octanol–water partition coefficient (Wildman–Crippen LogP) is 6.28. The second-order valence-corrected chi connectivity index (χ2v) is 9.38. The largest absolute Gasteiger partial charge is 0.478 e. The average molecular weight is 423 g/mol. The molecule has 0 spiro atoms. The number of carbonyl (C=O) groups is 1. The standard InChI is InChI=1S/C28H26N2O2/c31-28(32)24-14-22(20-9-10-20)15-29-26(24)12-19-8-11-23-25(21-4-2-1-3-5-21)17-30(27(23)13-19)16-18-6-7-18/h1-5,8,11,13-15,17-18,20H,6-7,9-10,12,16H2,(H,31,32). The van der Waals surface area contributed by atoms with Crippen molar-refractivity contribution in [2.75, 3.05) is 0 Å². The van der Waals surface area contributed by atoms with Crippen molar-refractivity contribution in [3.8, 4) is 11.1 Å². The Morgan fingerprint density at radius 1 is 1.03 bits per heavy atom.